The van der Waals surface area contributed by atoms with Crippen LogP contribution in [0, 0.1) is 5.92 Å². The zero-order valence-electron chi connectivity index (χ0n) is 16.0. The third-order valence-corrected chi connectivity index (χ3v) is 5.22. The summed E-state index contributed by atoms with van der Waals surface area (Å²) in [6.07, 6.45) is 6.44. The summed E-state index contributed by atoms with van der Waals surface area (Å²) in [6.45, 7) is 0.587. The van der Waals surface area contributed by atoms with E-state index in [-0.39, 0.29) is 11.8 Å². The Balaban J connectivity index is 1.78. The summed E-state index contributed by atoms with van der Waals surface area (Å²) < 4.78 is 12.6. The third kappa shape index (κ3) is 3.33. The Morgan fingerprint density at radius 3 is 2.54 bits per heavy atom. The molecule has 6 heteroatoms. The second kappa shape index (κ2) is 7.76. The minimum atomic E-state index is -0.154. The van der Waals surface area contributed by atoms with Crippen LogP contribution in [-0.4, -0.2) is 36.2 Å². The summed E-state index contributed by atoms with van der Waals surface area (Å²) in [5, 5.41) is 0. The number of methoxy groups -OCH3 is 2. The molecule has 0 radical (unpaired) electrons. The van der Waals surface area contributed by atoms with E-state index in [2.05, 4.69) is 22.0 Å². The Kier molecular flexibility index (Phi) is 5.02. The predicted molar refractivity (Wildman–Crippen MR) is 108 cm³/mol. The van der Waals surface area contributed by atoms with Gasteiger partial charge in [0.05, 0.1) is 20.1 Å². The Bertz CT molecular complexity index is 955. The summed E-state index contributed by atoms with van der Waals surface area (Å²) >= 11 is 0. The molecule has 0 spiro atoms. The van der Waals surface area contributed by atoms with E-state index in [1.165, 1.54) is 0 Å². The second-order valence-electron chi connectivity index (χ2n) is 6.83. The van der Waals surface area contributed by atoms with Crippen LogP contribution in [0.2, 0.25) is 0 Å². The monoisotopic (exact) mass is 377 g/mol. The maximum absolute atomic E-state index is 13.0. The Labute approximate surface area is 164 Å². The van der Waals surface area contributed by atoms with Crippen molar-refractivity contribution in [3.8, 4) is 11.5 Å². The van der Waals surface area contributed by atoms with Crippen molar-refractivity contribution >= 4 is 17.3 Å². The van der Waals surface area contributed by atoms with Gasteiger partial charge in [-0.05, 0) is 36.6 Å². The van der Waals surface area contributed by atoms with Crippen LogP contribution >= 0.6 is 0 Å². The minimum absolute atomic E-state index is 0.0603. The zero-order chi connectivity index (χ0) is 19.5. The highest BCUT2D eigenvalue weighted by Gasteiger charge is 2.29. The highest BCUT2D eigenvalue weighted by atomic mass is 16.5. The summed E-state index contributed by atoms with van der Waals surface area (Å²) in [5.41, 5.74) is 3.23. The van der Waals surface area contributed by atoms with E-state index in [0.29, 0.717) is 18.0 Å². The molecule has 1 unspecified atom stereocenters. The van der Waals surface area contributed by atoms with Crippen LogP contribution in [-0.2, 0) is 6.42 Å². The molecule has 1 aliphatic heterocycles. The topological polar surface area (TPSA) is 56.6 Å². The number of nitrogens with zero attached hydrogens (tertiary/aromatic N) is 3. The predicted octanol–water partition coefficient (Wildman–Crippen LogP) is 3.94. The Morgan fingerprint density at radius 2 is 1.86 bits per heavy atom. The number of hydrogen-bond acceptors (Lipinski definition) is 5. The number of imidazole rings is 1. The molecule has 2 heterocycles. The van der Waals surface area contributed by atoms with Crippen molar-refractivity contribution in [2.45, 2.75) is 12.8 Å². The van der Waals surface area contributed by atoms with Gasteiger partial charge < -0.3 is 14.4 Å². The maximum Gasteiger partial charge on any atom is 0.236 e. The molecular weight excluding hydrogens is 354 g/mol. The number of benzene rings is 2. The SMILES string of the molecule is COc1cc2c(cc1OC)N(c1ccccc1)CC(C(=O)n1ccnc1)CC2. The number of anilines is 2. The number of aryl methyl sites for hydroxylation is 1. The first kappa shape index (κ1) is 18.1. The first-order valence-electron chi connectivity index (χ1n) is 9.31. The van der Waals surface area contributed by atoms with Crippen LogP contribution in [0.1, 0.15) is 16.8 Å². The lowest BCUT2D eigenvalue weighted by atomic mass is 10.00. The van der Waals surface area contributed by atoms with Crippen LogP contribution in [0.4, 0.5) is 11.4 Å². The lowest BCUT2D eigenvalue weighted by Crippen LogP contribution is -2.31. The Morgan fingerprint density at radius 1 is 1.11 bits per heavy atom. The summed E-state index contributed by atoms with van der Waals surface area (Å²) in [5.74, 6) is 1.29. The van der Waals surface area contributed by atoms with Gasteiger partial charge in [0, 0.05) is 36.4 Å². The van der Waals surface area contributed by atoms with Crippen LogP contribution in [0.25, 0.3) is 0 Å². The normalized spacial score (nSPS) is 16.2. The quantitative estimate of drug-likeness (QED) is 0.689. The van der Waals surface area contributed by atoms with E-state index in [4.69, 9.17) is 9.47 Å². The molecule has 0 saturated carbocycles. The van der Waals surface area contributed by atoms with Gasteiger partial charge in [0.1, 0.15) is 6.33 Å². The molecule has 0 bridgehead atoms. The van der Waals surface area contributed by atoms with Crippen molar-refractivity contribution in [1.29, 1.82) is 0 Å². The fourth-order valence-electron chi connectivity index (χ4n) is 3.76. The maximum atomic E-state index is 13.0. The van der Waals surface area contributed by atoms with Gasteiger partial charge in [-0.15, -0.1) is 0 Å². The lowest BCUT2D eigenvalue weighted by Gasteiger charge is -2.28. The van der Waals surface area contributed by atoms with Crippen LogP contribution in [0.3, 0.4) is 0 Å². The van der Waals surface area contributed by atoms with Gasteiger partial charge in [-0.25, -0.2) is 4.98 Å². The van der Waals surface area contributed by atoms with Crippen LogP contribution in [0.15, 0.2) is 61.2 Å². The molecule has 1 atom stereocenters. The molecule has 1 aromatic heterocycles. The number of aromatic nitrogens is 2. The van der Waals surface area contributed by atoms with E-state index >= 15 is 0 Å². The molecular formula is C22H23N3O3. The third-order valence-electron chi connectivity index (χ3n) is 5.22. The average Bonchev–Trinajstić information content (AvgIpc) is 3.22. The first-order chi connectivity index (χ1) is 13.7. The number of ether oxygens (including phenoxy) is 2. The van der Waals surface area contributed by atoms with E-state index in [0.717, 1.165) is 29.8 Å². The molecule has 0 amide bonds. The fraction of sp³-hybridized carbons (Fsp3) is 0.273. The summed E-state index contributed by atoms with van der Waals surface area (Å²) in [7, 11) is 3.28. The second-order valence-corrected chi connectivity index (χ2v) is 6.83. The van der Waals surface area contributed by atoms with E-state index in [9.17, 15) is 4.79 Å². The molecule has 0 N–H and O–H groups in total. The zero-order valence-corrected chi connectivity index (χ0v) is 16.0. The van der Waals surface area contributed by atoms with Gasteiger partial charge >= 0.3 is 0 Å². The largest absolute Gasteiger partial charge is 0.493 e. The molecule has 0 aliphatic carbocycles. The first-order valence-corrected chi connectivity index (χ1v) is 9.31. The number of carbonyl (C=O) groups excluding carboxylic acids is 1. The molecule has 0 saturated heterocycles. The number of rotatable bonds is 4. The molecule has 4 rings (SSSR count). The fourth-order valence-corrected chi connectivity index (χ4v) is 3.76. The highest BCUT2D eigenvalue weighted by molar-refractivity contribution is 5.83. The van der Waals surface area contributed by atoms with Gasteiger partial charge in [-0.1, -0.05) is 18.2 Å². The van der Waals surface area contributed by atoms with E-state index < -0.39 is 0 Å². The number of fused-ring (bicyclic) bond motifs is 1. The van der Waals surface area contributed by atoms with E-state index in [1.807, 2.05) is 30.3 Å². The van der Waals surface area contributed by atoms with Gasteiger partial charge in [0.25, 0.3) is 0 Å². The molecule has 144 valence electrons. The highest BCUT2D eigenvalue weighted by Crippen LogP contribution is 2.41. The molecule has 2 aromatic carbocycles. The van der Waals surface area contributed by atoms with Crippen molar-refractivity contribution < 1.29 is 14.3 Å². The van der Waals surface area contributed by atoms with Crippen molar-refractivity contribution in [3.05, 3.63) is 66.7 Å². The van der Waals surface area contributed by atoms with Gasteiger partial charge in [0.2, 0.25) is 5.91 Å². The molecule has 3 aromatic rings. The molecule has 28 heavy (non-hydrogen) atoms. The van der Waals surface area contributed by atoms with Crippen molar-refractivity contribution in [2.24, 2.45) is 5.92 Å². The van der Waals surface area contributed by atoms with Crippen LogP contribution < -0.4 is 14.4 Å². The minimum Gasteiger partial charge on any atom is -0.493 e. The number of para-hydroxylation sites is 1. The summed E-state index contributed by atoms with van der Waals surface area (Å²) in [4.78, 5) is 19.3. The molecule has 0 fully saturated rings. The van der Waals surface area contributed by atoms with Crippen molar-refractivity contribution in [2.75, 3.05) is 25.7 Å². The standard InChI is InChI=1S/C22H23N3O3/c1-27-20-12-16-8-9-17(22(26)24-11-10-23-15-24)14-25(18-6-4-3-5-7-18)19(16)13-21(20)28-2/h3-7,10-13,15,17H,8-9,14H2,1-2H3. The van der Waals surface area contributed by atoms with Gasteiger partial charge in [-0.3, -0.25) is 9.36 Å². The lowest BCUT2D eigenvalue weighted by molar-refractivity contribution is 0.0833. The van der Waals surface area contributed by atoms with Crippen molar-refractivity contribution in [1.82, 2.24) is 9.55 Å². The van der Waals surface area contributed by atoms with Crippen LogP contribution in [0.5, 0.6) is 11.5 Å². The number of carbonyl (C=O) groups is 1. The van der Waals surface area contributed by atoms with Gasteiger partial charge in [-0.2, -0.15) is 0 Å². The summed E-state index contributed by atoms with van der Waals surface area (Å²) in [6, 6.07) is 14.2. The van der Waals surface area contributed by atoms with Gasteiger partial charge in [0.15, 0.2) is 11.5 Å². The number of hydrogen-bond donors (Lipinski definition) is 0. The molecule has 6 nitrogen and oxygen atoms in total. The Hall–Kier alpha value is -3.28. The van der Waals surface area contributed by atoms with E-state index in [1.54, 1.807) is 37.5 Å². The average molecular weight is 377 g/mol. The van der Waals surface area contributed by atoms with Crippen molar-refractivity contribution in [3.63, 3.8) is 0 Å². The molecule has 1 aliphatic rings. The smallest absolute Gasteiger partial charge is 0.236 e.